The minimum absolute atomic E-state index is 0.0134. The molecule has 0 saturated heterocycles. The van der Waals surface area contributed by atoms with Crippen LogP contribution in [-0.4, -0.2) is 33.2 Å². The monoisotopic (exact) mass is 307 g/mol. The lowest BCUT2D eigenvalue weighted by atomic mass is 10.1. The zero-order valence-corrected chi connectivity index (χ0v) is 12.3. The van der Waals surface area contributed by atoms with Crippen LogP contribution in [-0.2, 0) is 7.05 Å². The Morgan fingerprint density at radius 3 is 2.67 bits per heavy atom. The third-order valence-corrected chi connectivity index (χ3v) is 3.35. The van der Waals surface area contributed by atoms with Gasteiger partial charge < -0.3 is 10.4 Å². The molecule has 2 rings (SSSR count). The average molecular weight is 308 g/mol. The number of nitrogens with one attached hydrogen (secondary N) is 1. The van der Waals surface area contributed by atoms with Gasteiger partial charge in [-0.1, -0.05) is 23.7 Å². The summed E-state index contributed by atoms with van der Waals surface area (Å²) in [6.07, 6.45) is 0. The summed E-state index contributed by atoms with van der Waals surface area (Å²) in [6.45, 7) is 1.62. The van der Waals surface area contributed by atoms with Crippen molar-refractivity contribution < 1.29 is 14.7 Å². The lowest BCUT2D eigenvalue weighted by molar-refractivity contribution is 0.0685. The molecule has 110 valence electrons. The zero-order valence-electron chi connectivity index (χ0n) is 11.6. The molecule has 0 bridgehead atoms. The van der Waals surface area contributed by atoms with Crippen molar-refractivity contribution in [1.82, 2.24) is 9.78 Å². The Labute approximate surface area is 126 Å². The highest BCUT2D eigenvalue weighted by Crippen LogP contribution is 2.20. The number of aromatic carboxylic acids is 1. The summed E-state index contributed by atoms with van der Waals surface area (Å²) in [5.41, 5.74) is 1.26. The normalized spacial score (nSPS) is 10.4. The number of Topliss-reactive ketones (excluding diaryl/α,β-unsaturated/α-hetero) is 1. The molecule has 1 aromatic carbocycles. The van der Waals surface area contributed by atoms with E-state index in [-0.39, 0.29) is 18.0 Å². The summed E-state index contributed by atoms with van der Waals surface area (Å²) < 4.78 is 1.26. The summed E-state index contributed by atoms with van der Waals surface area (Å²) in [4.78, 5) is 23.3. The van der Waals surface area contributed by atoms with Gasteiger partial charge in [-0.05, 0) is 19.1 Å². The third kappa shape index (κ3) is 3.05. The second-order valence-electron chi connectivity index (χ2n) is 4.49. The number of carbonyl (C=O) groups excluding carboxylic acids is 1. The number of carboxylic acids is 1. The summed E-state index contributed by atoms with van der Waals surface area (Å²) in [6, 6.07) is 6.71. The molecule has 21 heavy (non-hydrogen) atoms. The molecule has 6 nitrogen and oxygen atoms in total. The predicted molar refractivity (Wildman–Crippen MR) is 79.2 cm³/mol. The van der Waals surface area contributed by atoms with E-state index in [4.69, 9.17) is 11.6 Å². The van der Waals surface area contributed by atoms with Gasteiger partial charge in [-0.25, -0.2) is 4.79 Å². The molecule has 1 heterocycles. The Balaban J connectivity index is 2.19. The molecule has 7 heteroatoms. The minimum atomic E-state index is -1.11. The molecule has 0 spiro atoms. The van der Waals surface area contributed by atoms with Crippen molar-refractivity contribution in [3.63, 3.8) is 0 Å². The second-order valence-corrected chi connectivity index (χ2v) is 4.90. The van der Waals surface area contributed by atoms with Crippen molar-refractivity contribution in [2.24, 2.45) is 7.05 Å². The van der Waals surface area contributed by atoms with Gasteiger partial charge in [0.1, 0.15) is 0 Å². The van der Waals surface area contributed by atoms with Gasteiger partial charge in [0.15, 0.2) is 11.5 Å². The number of hydrogen-bond donors (Lipinski definition) is 2. The lowest BCUT2D eigenvalue weighted by Gasteiger charge is -2.07. The molecule has 0 aliphatic carbocycles. The zero-order chi connectivity index (χ0) is 15.6. The third-order valence-electron chi connectivity index (χ3n) is 3.02. The predicted octanol–water partition coefficient (Wildman–Crippen LogP) is 2.37. The summed E-state index contributed by atoms with van der Waals surface area (Å²) >= 11 is 5.96. The van der Waals surface area contributed by atoms with E-state index < -0.39 is 5.97 Å². The van der Waals surface area contributed by atoms with Crippen LogP contribution in [0.25, 0.3) is 0 Å². The van der Waals surface area contributed by atoms with Crippen LogP contribution in [0.15, 0.2) is 24.3 Å². The molecule has 0 atom stereocenters. The van der Waals surface area contributed by atoms with Gasteiger partial charge in [-0.2, -0.15) is 5.10 Å². The molecule has 0 radical (unpaired) electrons. The quantitative estimate of drug-likeness (QED) is 0.828. The largest absolute Gasteiger partial charge is 0.476 e. The number of halogens is 1. The molecule has 0 saturated carbocycles. The smallest absolute Gasteiger partial charge is 0.356 e. The lowest BCUT2D eigenvalue weighted by Crippen LogP contribution is -2.17. The van der Waals surface area contributed by atoms with Crippen LogP contribution in [0.2, 0.25) is 5.02 Å². The summed E-state index contributed by atoms with van der Waals surface area (Å²) in [5.74, 6) is -1.33. The Kier molecular flexibility index (Phi) is 4.28. The molecular weight excluding hydrogens is 294 g/mol. The highest BCUT2D eigenvalue weighted by molar-refractivity contribution is 6.34. The molecular formula is C14H14ClN3O3. The molecule has 0 aliphatic heterocycles. The van der Waals surface area contributed by atoms with E-state index in [9.17, 15) is 14.7 Å². The van der Waals surface area contributed by atoms with Gasteiger partial charge in [-0.15, -0.1) is 0 Å². The van der Waals surface area contributed by atoms with Crippen molar-refractivity contribution in [2.45, 2.75) is 6.92 Å². The van der Waals surface area contributed by atoms with E-state index in [0.717, 1.165) is 0 Å². The Morgan fingerprint density at radius 2 is 2.05 bits per heavy atom. The van der Waals surface area contributed by atoms with E-state index in [2.05, 4.69) is 10.4 Å². The first kappa shape index (κ1) is 15.1. The van der Waals surface area contributed by atoms with Crippen molar-refractivity contribution in [3.05, 3.63) is 46.2 Å². The number of aryl methyl sites for hydroxylation is 2. The van der Waals surface area contributed by atoms with Gasteiger partial charge >= 0.3 is 5.97 Å². The Hall–Kier alpha value is -2.34. The van der Waals surface area contributed by atoms with Crippen LogP contribution >= 0.6 is 11.6 Å². The Morgan fingerprint density at radius 1 is 1.38 bits per heavy atom. The standard InChI is InChI=1S/C14H14ClN3O3/c1-8-12(13(14(20)21)18(2)17-8)16-7-11(19)9-5-3-4-6-10(9)15/h3-6,16H,7H2,1-2H3,(H,20,21). The van der Waals surface area contributed by atoms with Crippen LogP contribution in [0.4, 0.5) is 5.69 Å². The van der Waals surface area contributed by atoms with E-state index in [1.807, 2.05) is 0 Å². The minimum Gasteiger partial charge on any atom is -0.476 e. The number of aromatic nitrogens is 2. The number of carbonyl (C=O) groups is 2. The highest BCUT2D eigenvalue weighted by Gasteiger charge is 2.20. The fourth-order valence-electron chi connectivity index (χ4n) is 2.07. The van der Waals surface area contributed by atoms with E-state index in [0.29, 0.717) is 22.0 Å². The van der Waals surface area contributed by atoms with Crippen molar-refractivity contribution >= 4 is 29.0 Å². The van der Waals surface area contributed by atoms with Crippen molar-refractivity contribution in [2.75, 3.05) is 11.9 Å². The number of nitrogens with zero attached hydrogens (tertiary/aromatic N) is 2. The molecule has 2 N–H and O–H groups in total. The molecule has 0 amide bonds. The molecule has 0 aliphatic rings. The van der Waals surface area contributed by atoms with Gasteiger partial charge in [0, 0.05) is 12.6 Å². The van der Waals surface area contributed by atoms with Crippen LogP contribution in [0.3, 0.4) is 0 Å². The molecule has 1 aromatic heterocycles. The van der Waals surface area contributed by atoms with Gasteiger partial charge in [0.25, 0.3) is 0 Å². The summed E-state index contributed by atoms with van der Waals surface area (Å²) in [5, 5.41) is 16.4. The van der Waals surface area contributed by atoms with Crippen molar-refractivity contribution in [3.8, 4) is 0 Å². The first-order valence-corrected chi connectivity index (χ1v) is 6.58. The molecule has 0 unspecified atom stereocenters. The number of rotatable bonds is 5. The Bertz CT molecular complexity index is 709. The molecule has 0 fully saturated rings. The van der Waals surface area contributed by atoms with Crippen LogP contribution in [0, 0.1) is 6.92 Å². The fraction of sp³-hybridized carbons (Fsp3) is 0.214. The first-order valence-electron chi connectivity index (χ1n) is 6.20. The van der Waals surface area contributed by atoms with Crippen LogP contribution in [0.5, 0.6) is 0 Å². The van der Waals surface area contributed by atoms with E-state index in [1.54, 1.807) is 31.2 Å². The van der Waals surface area contributed by atoms with Crippen molar-refractivity contribution in [1.29, 1.82) is 0 Å². The van der Waals surface area contributed by atoms with Gasteiger partial charge in [0.05, 0.1) is 22.9 Å². The topological polar surface area (TPSA) is 84.2 Å². The van der Waals surface area contributed by atoms with E-state index >= 15 is 0 Å². The maximum Gasteiger partial charge on any atom is 0.356 e. The second kappa shape index (κ2) is 5.97. The first-order chi connectivity index (χ1) is 9.91. The SMILES string of the molecule is Cc1nn(C)c(C(=O)O)c1NCC(=O)c1ccccc1Cl. The maximum atomic E-state index is 12.1. The number of benzene rings is 1. The number of hydrogen-bond acceptors (Lipinski definition) is 4. The van der Waals surface area contributed by atoms with E-state index in [1.165, 1.54) is 11.7 Å². The fourth-order valence-corrected chi connectivity index (χ4v) is 2.31. The van der Waals surface area contributed by atoms with Crippen LogP contribution in [0.1, 0.15) is 26.5 Å². The van der Waals surface area contributed by atoms with Gasteiger partial charge in [0.2, 0.25) is 0 Å². The number of anilines is 1. The molecule has 2 aromatic rings. The van der Waals surface area contributed by atoms with Gasteiger partial charge in [-0.3, -0.25) is 9.48 Å². The number of carboxylic acid groups (broad SMARTS) is 1. The average Bonchev–Trinajstić information content (AvgIpc) is 2.70. The maximum absolute atomic E-state index is 12.1. The summed E-state index contributed by atoms with van der Waals surface area (Å²) in [7, 11) is 1.54. The number of ketones is 1. The van der Waals surface area contributed by atoms with Crippen LogP contribution < -0.4 is 5.32 Å². The highest BCUT2D eigenvalue weighted by atomic mass is 35.5.